The van der Waals surface area contributed by atoms with Crippen LogP contribution < -0.4 is 5.69 Å². The summed E-state index contributed by atoms with van der Waals surface area (Å²) in [4.78, 5) is 25.6. The summed E-state index contributed by atoms with van der Waals surface area (Å²) in [5.41, 5.74) is 8.14. The van der Waals surface area contributed by atoms with Crippen molar-refractivity contribution in [2.24, 2.45) is 5.11 Å². The van der Waals surface area contributed by atoms with Gasteiger partial charge in [0.05, 0.1) is 0 Å². The third-order valence-corrected chi connectivity index (χ3v) is 1.69. The van der Waals surface area contributed by atoms with Gasteiger partial charge in [0.2, 0.25) is 0 Å². The molecule has 0 radical (unpaired) electrons. The van der Waals surface area contributed by atoms with Crippen molar-refractivity contribution >= 4 is 28.7 Å². The number of aromatic amines is 2. The lowest BCUT2D eigenvalue weighted by atomic mass is 10.6. The Morgan fingerprint density at radius 1 is 1.36 bits per heavy atom. The summed E-state index contributed by atoms with van der Waals surface area (Å²) in [6.07, 6.45) is 0. The van der Waals surface area contributed by atoms with E-state index in [1.807, 2.05) is 0 Å². The summed E-state index contributed by atoms with van der Waals surface area (Å²) >= 11 is 5.62. The Bertz CT molecular complexity index is 592. The van der Waals surface area contributed by atoms with Gasteiger partial charge < -0.3 is 0 Å². The van der Waals surface area contributed by atoms with Gasteiger partial charge in [0, 0.05) is 4.91 Å². The molecule has 14 heavy (non-hydrogen) atoms. The van der Waals surface area contributed by atoms with Gasteiger partial charge in [-0.2, -0.15) is 0 Å². The molecule has 0 fully saturated rings. The molecule has 2 aromatic rings. The van der Waals surface area contributed by atoms with Crippen LogP contribution in [0.3, 0.4) is 0 Å². The van der Waals surface area contributed by atoms with Crippen molar-refractivity contribution in [2.45, 2.75) is 0 Å². The van der Waals surface area contributed by atoms with E-state index in [2.05, 4.69) is 30.0 Å². The van der Waals surface area contributed by atoms with Crippen LogP contribution in [0, 0.1) is 0 Å². The van der Waals surface area contributed by atoms with Crippen LogP contribution in [0.5, 0.6) is 0 Å². The van der Waals surface area contributed by atoms with Crippen LogP contribution in [-0.2, 0) is 0 Å². The van der Waals surface area contributed by atoms with Crippen LogP contribution in [0.1, 0.15) is 0 Å². The quantitative estimate of drug-likeness (QED) is 0.419. The lowest BCUT2D eigenvalue weighted by molar-refractivity contribution is 1.19. The first-order valence-corrected chi connectivity index (χ1v) is 3.79. The molecule has 0 atom stereocenters. The molecule has 0 saturated heterocycles. The molecule has 8 nitrogen and oxygen atoms in total. The SMILES string of the molecule is [N-]=[N+]=Nc1nc2[nH]c(=O)[nH]c2nc1Cl. The van der Waals surface area contributed by atoms with E-state index in [4.69, 9.17) is 17.1 Å². The molecule has 0 unspecified atom stereocenters. The molecule has 9 heteroatoms. The fourth-order valence-electron chi connectivity index (χ4n) is 0.933. The number of hydrogen-bond donors (Lipinski definition) is 2. The van der Waals surface area contributed by atoms with E-state index in [1.54, 1.807) is 0 Å². The van der Waals surface area contributed by atoms with Crippen molar-refractivity contribution in [3.8, 4) is 0 Å². The molecular formula is C5H2ClN7O. The van der Waals surface area contributed by atoms with Crippen molar-refractivity contribution in [2.75, 3.05) is 0 Å². The minimum absolute atomic E-state index is 0.0643. The predicted molar refractivity (Wildman–Crippen MR) is 48.3 cm³/mol. The largest absolute Gasteiger partial charge is 0.326 e. The fourth-order valence-corrected chi connectivity index (χ4v) is 1.10. The van der Waals surface area contributed by atoms with Crippen molar-refractivity contribution in [1.82, 2.24) is 19.9 Å². The van der Waals surface area contributed by atoms with E-state index in [0.717, 1.165) is 0 Å². The van der Waals surface area contributed by atoms with Gasteiger partial charge in [-0.3, -0.25) is 9.97 Å². The third kappa shape index (κ3) is 1.28. The van der Waals surface area contributed by atoms with E-state index in [1.165, 1.54) is 0 Å². The van der Waals surface area contributed by atoms with Crippen molar-refractivity contribution in [3.05, 3.63) is 26.1 Å². The van der Waals surface area contributed by atoms with Crippen LogP contribution in [0.2, 0.25) is 5.15 Å². The standard InChI is InChI=1S/C5H2ClN7O/c6-1-2(12-13-7)9-4-3(8-1)10-5(14)11-4/h(H2,8,9,10,11,14). The zero-order chi connectivity index (χ0) is 10.1. The highest BCUT2D eigenvalue weighted by molar-refractivity contribution is 6.31. The summed E-state index contributed by atoms with van der Waals surface area (Å²) in [5, 5.41) is 3.14. The van der Waals surface area contributed by atoms with Gasteiger partial charge in [0.15, 0.2) is 22.3 Å². The molecule has 0 aliphatic heterocycles. The zero-order valence-electron chi connectivity index (χ0n) is 6.52. The number of aromatic nitrogens is 4. The molecule has 2 N–H and O–H groups in total. The average Bonchev–Trinajstić information content (AvgIpc) is 2.45. The molecule has 2 rings (SSSR count). The molecule has 0 amide bonds. The second-order valence-electron chi connectivity index (χ2n) is 2.30. The van der Waals surface area contributed by atoms with Gasteiger partial charge in [0.25, 0.3) is 0 Å². The first-order chi connectivity index (χ1) is 6.70. The summed E-state index contributed by atoms with van der Waals surface area (Å²) in [7, 11) is 0. The topological polar surface area (TPSA) is 123 Å². The molecule has 2 heterocycles. The molecular weight excluding hydrogens is 210 g/mol. The van der Waals surface area contributed by atoms with E-state index < -0.39 is 5.69 Å². The third-order valence-electron chi connectivity index (χ3n) is 1.44. The number of nitrogens with zero attached hydrogens (tertiary/aromatic N) is 5. The molecule has 0 aliphatic rings. The number of nitrogens with one attached hydrogen (secondary N) is 2. The smallest absolute Gasteiger partial charge is 0.289 e. The first-order valence-electron chi connectivity index (χ1n) is 3.41. The van der Waals surface area contributed by atoms with E-state index >= 15 is 0 Å². The van der Waals surface area contributed by atoms with Crippen LogP contribution in [0.15, 0.2) is 9.91 Å². The van der Waals surface area contributed by atoms with E-state index in [0.29, 0.717) is 0 Å². The fraction of sp³-hybridized carbons (Fsp3) is 0. The van der Waals surface area contributed by atoms with Gasteiger partial charge in [0.1, 0.15) is 0 Å². The molecule has 0 bridgehead atoms. The maximum absolute atomic E-state index is 10.8. The van der Waals surface area contributed by atoms with E-state index in [-0.39, 0.29) is 22.3 Å². The second kappa shape index (κ2) is 3.02. The predicted octanol–water partition coefficient (Wildman–Crippen LogP) is 1.24. The van der Waals surface area contributed by atoms with Gasteiger partial charge in [-0.05, 0) is 10.6 Å². The number of fused-ring (bicyclic) bond motifs is 1. The average molecular weight is 212 g/mol. The zero-order valence-corrected chi connectivity index (χ0v) is 7.28. The molecule has 0 aliphatic carbocycles. The summed E-state index contributed by atoms with van der Waals surface area (Å²) in [6, 6.07) is 0. The van der Waals surface area contributed by atoms with Crippen LogP contribution >= 0.6 is 11.6 Å². The lowest BCUT2D eigenvalue weighted by Crippen LogP contribution is -1.99. The summed E-state index contributed by atoms with van der Waals surface area (Å²) in [5.74, 6) is -0.0723. The number of azide groups is 1. The minimum atomic E-state index is -0.450. The molecule has 70 valence electrons. The van der Waals surface area contributed by atoms with Gasteiger partial charge in [-0.25, -0.2) is 14.8 Å². The summed E-state index contributed by atoms with van der Waals surface area (Å²) in [6.45, 7) is 0. The second-order valence-corrected chi connectivity index (χ2v) is 2.66. The molecule has 0 saturated carbocycles. The lowest BCUT2D eigenvalue weighted by Gasteiger charge is -1.93. The molecule has 0 aromatic carbocycles. The number of imidazole rings is 1. The maximum atomic E-state index is 10.8. The highest BCUT2D eigenvalue weighted by Gasteiger charge is 2.07. The Morgan fingerprint density at radius 3 is 2.64 bits per heavy atom. The van der Waals surface area contributed by atoms with Crippen LogP contribution in [0.4, 0.5) is 5.82 Å². The first kappa shape index (κ1) is 8.54. The van der Waals surface area contributed by atoms with E-state index in [9.17, 15) is 4.79 Å². The van der Waals surface area contributed by atoms with Crippen molar-refractivity contribution in [3.63, 3.8) is 0 Å². The Balaban J connectivity index is 2.82. The molecule has 0 spiro atoms. The Kier molecular flexibility index (Phi) is 1.84. The monoisotopic (exact) mass is 211 g/mol. The normalized spacial score (nSPS) is 10.1. The summed E-state index contributed by atoms with van der Waals surface area (Å²) < 4.78 is 0. The maximum Gasteiger partial charge on any atom is 0.326 e. The van der Waals surface area contributed by atoms with Gasteiger partial charge >= 0.3 is 5.69 Å². The van der Waals surface area contributed by atoms with Crippen molar-refractivity contribution < 1.29 is 0 Å². The Labute approximate surface area is 80.6 Å². The highest BCUT2D eigenvalue weighted by atomic mass is 35.5. The minimum Gasteiger partial charge on any atom is -0.289 e. The Hall–Kier alpha value is -2.05. The van der Waals surface area contributed by atoms with Gasteiger partial charge in [-0.1, -0.05) is 11.6 Å². The van der Waals surface area contributed by atoms with Crippen LogP contribution in [-0.4, -0.2) is 19.9 Å². The number of H-pyrrole nitrogens is 2. The number of rotatable bonds is 1. The van der Waals surface area contributed by atoms with Crippen LogP contribution in [0.25, 0.3) is 21.7 Å². The van der Waals surface area contributed by atoms with Gasteiger partial charge in [-0.15, -0.1) is 0 Å². The molecule has 2 aromatic heterocycles. The highest BCUT2D eigenvalue weighted by Crippen LogP contribution is 2.21. The Morgan fingerprint density at radius 2 is 2.00 bits per heavy atom. The van der Waals surface area contributed by atoms with Crippen molar-refractivity contribution in [1.29, 1.82) is 0 Å². The number of hydrogen-bond acceptors (Lipinski definition) is 4. The number of halogens is 1.